The van der Waals surface area contributed by atoms with E-state index in [1.807, 2.05) is 0 Å². The summed E-state index contributed by atoms with van der Waals surface area (Å²) in [5, 5.41) is 22.1. The van der Waals surface area contributed by atoms with Crippen molar-refractivity contribution in [3.63, 3.8) is 0 Å². The predicted molar refractivity (Wildman–Crippen MR) is 75.5 cm³/mol. The Morgan fingerprint density at radius 2 is 2.36 bits per heavy atom. The first kappa shape index (κ1) is 14.9. The molecule has 0 spiro atoms. The summed E-state index contributed by atoms with van der Waals surface area (Å²) < 4.78 is 12.4. The van der Waals surface area contributed by atoms with Crippen LogP contribution in [0.25, 0.3) is 11.2 Å². The molecule has 3 heterocycles. The van der Waals surface area contributed by atoms with Gasteiger partial charge in [0.05, 0.1) is 12.9 Å². The Morgan fingerprint density at radius 1 is 1.59 bits per heavy atom. The maximum absolute atomic E-state index is 11.9. The summed E-state index contributed by atoms with van der Waals surface area (Å²) >= 11 is 0. The first-order valence-corrected chi connectivity index (χ1v) is 6.72. The number of aromatic nitrogens is 4. The van der Waals surface area contributed by atoms with Crippen LogP contribution in [0.5, 0.6) is 0 Å². The van der Waals surface area contributed by atoms with Gasteiger partial charge in [0, 0.05) is 14.2 Å². The second-order valence-electron chi connectivity index (χ2n) is 4.93. The zero-order valence-electron chi connectivity index (χ0n) is 12.1. The number of nitrogens with one attached hydrogen (secondary N) is 2. The van der Waals surface area contributed by atoms with Gasteiger partial charge in [0.15, 0.2) is 17.4 Å². The molecule has 0 aromatic carbocycles. The molecular weight excluding hydrogens is 294 g/mol. The van der Waals surface area contributed by atoms with Gasteiger partial charge in [0.2, 0.25) is 5.95 Å². The minimum absolute atomic E-state index is 0.152. The van der Waals surface area contributed by atoms with E-state index in [-0.39, 0.29) is 23.6 Å². The van der Waals surface area contributed by atoms with Gasteiger partial charge in [0.25, 0.3) is 5.56 Å². The zero-order valence-corrected chi connectivity index (χ0v) is 12.1. The number of rotatable bonds is 4. The Labute approximate surface area is 124 Å². The molecule has 4 atom stereocenters. The SMILES string of the molecule is CNc1nc2c(ncn2C2OC(CO)C(O)C2OC)c(=O)[nH]1. The van der Waals surface area contributed by atoms with Gasteiger partial charge in [-0.3, -0.25) is 14.3 Å². The lowest BCUT2D eigenvalue weighted by Crippen LogP contribution is -2.34. The molecule has 22 heavy (non-hydrogen) atoms. The van der Waals surface area contributed by atoms with E-state index in [2.05, 4.69) is 20.3 Å². The molecule has 4 N–H and O–H groups in total. The minimum atomic E-state index is -0.997. The highest BCUT2D eigenvalue weighted by molar-refractivity contribution is 5.70. The first-order valence-electron chi connectivity index (χ1n) is 6.72. The van der Waals surface area contributed by atoms with Gasteiger partial charge in [-0.1, -0.05) is 0 Å². The largest absolute Gasteiger partial charge is 0.394 e. The molecule has 0 radical (unpaired) electrons. The van der Waals surface area contributed by atoms with Gasteiger partial charge in [-0.25, -0.2) is 4.98 Å². The number of methoxy groups -OCH3 is 1. The Bertz CT molecular complexity index is 728. The van der Waals surface area contributed by atoms with Crippen molar-refractivity contribution in [1.82, 2.24) is 19.5 Å². The average Bonchev–Trinajstić information content (AvgIpc) is 3.07. The predicted octanol–water partition coefficient (Wildman–Crippen LogP) is -1.57. The highest BCUT2D eigenvalue weighted by Gasteiger charge is 2.45. The van der Waals surface area contributed by atoms with Gasteiger partial charge in [0.1, 0.15) is 18.3 Å². The summed E-state index contributed by atoms with van der Waals surface area (Å²) in [6.45, 7) is -0.347. The van der Waals surface area contributed by atoms with Crippen LogP contribution in [0.3, 0.4) is 0 Å². The van der Waals surface area contributed by atoms with Crippen molar-refractivity contribution in [2.24, 2.45) is 0 Å². The summed E-state index contributed by atoms with van der Waals surface area (Å²) in [6.07, 6.45) is -1.84. The molecule has 4 unspecified atom stereocenters. The van der Waals surface area contributed by atoms with Crippen LogP contribution < -0.4 is 10.9 Å². The van der Waals surface area contributed by atoms with Gasteiger partial charge in [-0.2, -0.15) is 4.98 Å². The zero-order chi connectivity index (χ0) is 15.9. The fourth-order valence-electron chi connectivity index (χ4n) is 2.58. The second kappa shape index (κ2) is 5.65. The number of fused-ring (bicyclic) bond motifs is 1. The van der Waals surface area contributed by atoms with E-state index in [0.29, 0.717) is 5.65 Å². The van der Waals surface area contributed by atoms with Crippen LogP contribution in [0.2, 0.25) is 0 Å². The number of imidazole rings is 1. The van der Waals surface area contributed by atoms with E-state index < -0.39 is 24.5 Å². The van der Waals surface area contributed by atoms with Crippen LogP contribution >= 0.6 is 0 Å². The fraction of sp³-hybridized carbons (Fsp3) is 0.583. The lowest BCUT2D eigenvalue weighted by atomic mass is 10.1. The molecular formula is C12H17N5O5. The van der Waals surface area contributed by atoms with Crippen molar-refractivity contribution < 1.29 is 19.7 Å². The number of aliphatic hydroxyl groups is 2. The Kier molecular flexibility index (Phi) is 3.83. The number of anilines is 1. The van der Waals surface area contributed by atoms with E-state index >= 15 is 0 Å². The quantitative estimate of drug-likeness (QED) is 0.532. The van der Waals surface area contributed by atoms with E-state index in [9.17, 15) is 15.0 Å². The molecule has 1 fully saturated rings. The van der Waals surface area contributed by atoms with E-state index in [1.165, 1.54) is 18.0 Å². The average molecular weight is 311 g/mol. The number of nitrogens with zero attached hydrogens (tertiary/aromatic N) is 3. The number of ether oxygens (including phenoxy) is 2. The van der Waals surface area contributed by atoms with Crippen molar-refractivity contribution in [2.45, 2.75) is 24.5 Å². The first-order chi connectivity index (χ1) is 10.6. The number of hydrogen-bond acceptors (Lipinski definition) is 8. The molecule has 0 bridgehead atoms. The number of hydrogen-bond donors (Lipinski definition) is 4. The van der Waals surface area contributed by atoms with Crippen molar-refractivity contribution in [3.8, 4) is 0 Å². The van der Waals surface area contributed by atoms with Crippen molar-refractivity contribution in [3.05, 3.63) is 16.7 Å². The van der Waals surface area contributed by atoms with Crippen molar-refractivity contribution in [2.75, 3.05) is 26.1 Å². The normalized spacial score (nSPS) is 28.4. The standard InChI is InChI=1S/C12H17N5O5/c1-13-12-15-9-6(10(20)16-12)14-4-17(9)11-8(21-2)7(19)5(3-18)22-11/h4-5,7-8,11,18-19H,3H2,1-2H3,(H2,13,15,16,20). The Hall–Kier alpha value is -2.01. The maximum atomic E-state index is 11.9. The van der Waals surface area contributed by atoms with E-state index in [1.54, 1.807) is 7.05 Å². The molecule has 1 aliphatic rings. The molecule has 0 saturated carbocycles. The molecule has 10 heteroatoms. The van der Waals surface area contributed by atoms with Crippen LogP contribution in [0.15, 0.2) is 11.1 Å². The molecule has 3 rings (SSSR count). The van der Waals surface area contributed by atoms with Crippen LogP contribution in [0.4, 0.5) is 5.95 Å². The Balaban J connectivity index is 2.10. The van der Waals surface area contributed by atoms with Crippen LogP contribution in [0.1, 0.15) is 6.23 Å². The molecule has 2 aromatic heterocycles. The second-order valence-corrected chi connectivity index (χ2v) is 4.93. The monoisotopic (exact) mass is 311 g/mol. The van der Waals surface area contributed by atoms with Crippen LogP contribution in [0, 0.1) is 0 Å². The summed E-state index contributed by atoms with van der Waals surface area (Å²) in [6, 6.07) is 0. The lowest BCUT2D eigenvalue weighted by molar-refractivity contribution is -0.0583. The molecule has 0 amide bonds. The van der Waals surface area contributed by atoms with Gasteiger partial charge >= 0.3 is 0 Å². The van der Waals surface area contributed by atoms with E-state index in [0.717, 1.165) is 0 Å². The molecule has 2 aromatic rings. The number of aliphatic hydroxyl groups excluding tert-OH is 2. The van der Waals surface area contributed by atoms with Gasteiger partial charge in [-0.15, -0.1) is 0 Å². The summed E-state index contributed by atoms with van der Waals surface area (Å²) in [4.78, 5) is 22.8. The van der Waals surface area contributed by atoms with Crippen molar-refractivity contribution >= 4 is 17.1 Å². The third-order valence-corrected chi connectivity index (χ3v) is 3.71. The highest BCUT2D eigenvalue weighted by atomic mass is 16.6. The molecule has 0 aliphatic carbocycles. The number of aromatic amines is 1. The summed E-state index contributed by atoms with van der Waals surface area (Å²) in [5.41, 5.74) is 0.0599. The third kappa shape index (κ3) is 2.16. The molecule has 1 saturated heterocycles. The molecule has 10 nitrogen and oxygen atoms in total. The minimum Gasteiger partial charge on any atom is -0.394 e. The highest BCUT2D eigenvalue weighted by Crippen LogP contribution is 2.32. The third-order valence-electron chi connectivity index (χ3n) is 3.71. The smallest absolute Gasteiger partial charge is 0.280 e. The molecule has 1 aliphatic heterocycles. The summed E-state index contributed by atoms with van der Waals surface area (Å²) in [5.74, 6) is 0.283. The maximum Gasteiger partial charge on any atom is 0.280 e. The lowest BCUT2D eigenvalue weighted by Gasteiger charge is -2.19. The van der Waals surface area contributed by atoms with Crippen LogP contribution in [-0.2, 0) is 9.47 Å². The topological polar surface area (TPSA) is 135 Å². The number of H-pyrrole nitrogens is 1. The van der Waals surface area contributed by atoms with Crippen molar-refractivity contribution in [1.29, 1.82) is 0 Å². The van der Waals surface area contributed by atoms with Gasteiger partial charge < -0.3 is 25.0 Å². The van der Waals surface area contributed by atoms with E-state index in [4.69, 9.17) is 9.47 Å². The summed E-state index contributed by atoms with van der Waals surface area (Å²) in [7, 11) is 3.06. The van der Waals surface area contributed by atoms with Gasteiger partial charge in [-0.05, 0) is 0 Å². The Morgan fingerprint density at radius 3 is 3.00 bits per heavy atom. The van der Waals surface area contributed by atoms with Crippen LogP contribution in [-0.4, -0.2) is 68.8 Å². The fourth-order valence-corrected chi connectivity index (χ4v) is 2.58. The molecule has 120 valence electrons.